The zero-order chi connectivity index (χ0) is 22.2. The molecule has 32 heavy (non-hydrogen) atoms. The van der Waals surface area contributed by atoms with Crippen LogP contribution in [0.1, 0.15) is 0 Å². The van der Waals surface area contributed by atoms with Crippen LogP contribution in [0.25, 0.3) is 33.4 Å². The van der Waals surface area contributed by atoms with Gasteiger partial charge in [0.05, 0.1) is 13.2 Å². The van der Waals surface area contributed by atoms with Crippen molar-refractivity contribution in [2.45, 2.75) is 6.10 Å². The zero-order valence-electron chi connectivity index (χ0n) is 17.5. The molecule has 1 saturated heterocycles. The van der Waals surface area contributed by atoms with E-state index in [1.54, 1.807) is 31.6 Å². The van der Waals surface area contributed by atoms with Crippen molar-refractivity contribution >= 4 is 16.7 Å². The third-order valence-electron chi connectivity index (χ3n) is 5.63. The van der Waals surface area contributed by atoms with Gasteiger partial charge in [-0.3, -0.25) is 4.98 Å². The average Bonchev–Trinajstić information content (AvgIpc) is 2.80. The lowest BCUT2D eigenvalue weighted by atomic mass is 10.0. The van der Waals surface area contributed by atoms with Crippen molar-refractivity contribution in [3.8, 4) is 28.3 Å². The number of aromatic nitrogens is 3. The number of benzene rings is 2. The van der Waals surface area contributed by atoms with Crippen LogP contribution in [0.3, 0.4) is 0 Å². The van der Waals surface area contributed by atoms with E-state index in [4.69, 9.17) is 19.4 Å². The van der Waals surface area contributed by atoms with Crippen LogP contribution in [0, 0.1) is 11.6 Å². The van der Waals surface area contributed by atoms with Gasteiger partial charge in [-0.1, -0.05) is 12.1 Å². The molecule has 8 heteroatoms. The summed E-state index contributed by atoms with van der Waals surface area (Å²) in [5.74, 6) is -0.190. The van der Waals surface area contributed by atoms with E-state index in [9.17, 15) is 8.78 Å². The molecule has 4 aromatic rings. The van der Waals surface area contributed by atoms with Gasteiger partial charge >= 0.3 is 0 Å². The molecular weight excluding hydrogens is 414 g/mol. The van der Waals surface area contributed by atoms with E-state index >= 15 is 0 Å². The minimum Gasteiger partial charge on any atom is -0.494 e. The normalized spacial score (nSPS) is 13.9. The predicted octanol–water partition coefficient (Wildman–Crippen LogP) is 4.48. The maximum Gasteiger partial charge on any atom is 0.166 e. The van der Waals surface area contributed by atoms with Crippen LogP contribution in [0.4, 0.5) is 14.6 Å². The molecule has 1 fully saturated rings. The second-order valence-corrected chi connectivity index (χ2v) is 7.55. The number of hydrogen-bond donors (Lipinski definition) is 0. The standard InChI is InChI=1S/C24H20F2N4O2/c1-31-16-12-30(13-16)24-18-9-15(17-6-3-7-19(25)21(17)26)10-20(32-2)22(18)28-23(29-24)14-5-4-8-27-11-14/h3-11,16H,12-13H2,1-2H3. The molecule has 2 aromatic heterocycles. The van der Waals surface area contributed by atoms with Gasteiger partial charge < -0.3 is 14.4 Å². The summed E-state index contributed by atoms with van der Waals surface area (Å²) in [5.41, 5.74) is 1.97. The van der Waals surface area contributed by atoms with Crippen molar-refractivity contribution in [3.63, 3.8) is 0 Å². The summed E-state index contributed by atoms with van der Waals surface area (Å²) in [5, 5.41) is 0.685. The number of ether oxygens (including phenoxy) is 2. The van der Waals surface area contributed by atoms with Gasteiger partial charge in [0.15, 0.2) is 17.5 Å². The summed E-state index contributed by atoms with van der Waals surface area (Å²) in [7, 11) is 3.20. The van der Waals surface area contributed by atoms with Crippen LogP contribution in [0.15, 0.2) is 54.9 Å². The molecule has 0 amide bonds. The molecule has 2 aromatic carbocycles. The summed E-state index contributed by atoms with van der Waals surface area (Å²) in [6, 6.07) is 11.3. The fourth-order valence-corrected chi connectivity index (χ4v) is 3.85. The summed E-state index contributed by atoms with van der Waals surface area (Å²) in [6.07, 6.45) is 3.49. The molecule has 1 aliphatic rings. The predicted molar refractivity (Wildman–Crippen MR) is 118 cm³/mol. The minimum absolute atomic E-state index is 0.104. The Labute approximate surface area is 183 Å². The highest BCUT2D eigenvalue weighted by molar-refractivity contribution is 5.98. The Morgan fingerprint density at radius 2 is 1.84 bits per heavy atom. The van der Waals surface area contributed by atoms with Crippen molar-refractivity contribution in [3.05, 3.63) is 66.5 Å². The first-order valence-corrected chi connectivity index (χ1v) is 10.1. The second-order valence-electron chi connectivity index (χ2n) is 7.55. The lowest BCUT2D eigenvalue weighted by Crippen LogP contribution is -2.52. The van der Waals surface area contributed by atoms with Gasteiger partial charge in [0.25, 0.3) is 0 Å². The first-order valence-electron chi connectivity index (χ1n) is 10.1. The van der Waals surface area contributed by atoms with Crippen molar-refractivity contribution < 1.29 is 18.3 Å². The summed E-state index contributed by atoms with van der Waals surface area (Å²) >= 11 is 0. The smallest absolute Gasteiger partial charge is 0.166 e. The highest BCUT2D eigenvalue weighted by atomic mass is 19.2. The molecular formula is C24H20F2N4O2. The molecule has 0 unspecified atom stereocenters. The van der Waals surface area contributed by atoms with Crippen LogP contribution in [-0.4, -0.2) is 48.4 Å². The summed E-state index contributed by atoms with van der Waals surface area (Å²) in [4.78, 5) is 15.8. The molecule has 5 rings (SSSR count). The third-order valence-corrected chi connectivity index (χ3v) is 5.63. The van der Waals surface area contributed by atoms with E-state index in [1.165, 1.54) is 19.2 Å². The molecule has 0 atom stereocenters. The molecule has 0 saturated carbocycles. The topological polar surface area (TPSA) is 60.4 Å². The molecule has 0 bridgehead atoms. The van der Waals surface area contributed by atoms with Crippen molar-refractivity contribution in [2.24, 2.45) is 0 Å². The Hall–Kier alpha value is -3.65. The number of fused-ring (bicyclic) bond motifs is 1. The Kier molecular flexibility index (Phi) is 5.14. The average molecular weight is 434 g/mol. The fourth-order valence-electron chi connectivity index (χ4n) is 3.85. The SMILES string of the molecule is COc1cc(-c2cccc(F)c2F)cc2c(N3CC(OC)C3)nc(-c3cccnc3)nc12. The molecule has 3 heterocycles. The van der Waals surface area contributed by atoms with Gasteiger partial charge in [-0.25, -0.2) is 18.7 Å². The maximum absolute atomic E-state index is 14.6. The number of halogens is 2. The highest BCUT2D eigenvalue weighted by Crippen LogP contribution is 2.39. The molecule has 1 aliphatic heterocycles. The van der Waals surface area contributed by atoms with Crippen LogP contribution in [-0.2, 0) is 4.74 Å². The lowest BCUT2D eigenvalue weighted by Gasteiger charge is -2.39. The van der Waals surface area contributed by atoms with Crippen molar-refractivity contribution in [2.75, 3.05) is 32.2 Å². The number of anilines is 1. The van der Waals surface area contributed by atoms with Crippen LogP contribution >= 0.6 is 0 Å². The van der Waals surface area contributed by atoms with Gasteiger partial charge in [0.1, 0.15) is 17.1 Å². The first-order chi connectivity index (χ1) is 15.6. The molecule has 0 spiro atoms. The fraction of sp³-hybridized carbons (Fsp3) is 0.208. The maximum atomic E-state index is 14.6. The number of nitrogens with zero attached hydrogens (tertiary/aromatic N) is 4. The number of pyridine rings is 1. The van der Waals surface area contributed by atoms with E-state index in [2.05, 4.69) is 9.88 Å². The molecule has 0 radical (unpaired) electrons. The Morgan fingerprint density at radius 1 is 1.00 bits per heavy atom. The number of rotatable bonds is 5. The molecule has 162 valence electrons. The lowest BCUT2D eigenvalue weighted by molar-refractivity contribution is 0.0785. The van der Waals surface area contributed by atoms with E-state index < -0.39 is 11.6 Å². The van der Waals surface area contributed by atoms with Crippen LogP contribution in [0.5, 0.6) is 5.75 Å². The van der Waals surface area contributed by atoms with Gasteiger partial charge in [-0.15, -0.1) is 0 Å². The van der Waals surface area contributed by atoms with Gasteiger partial charge in [0.2, 0.25) is 0 Å². The van der Waals surface area contributed by atoms with Gasteiger partial charge in [0, 0.05) is 49.1 Å². The van der Waals surface area contributed by atoms with E-state index in [-0.39, 0.29) is 11.7 Å². The summed E-state index contributed by atoms with van der Waals surface area (Å²) < 4.78 is 39.5. The van der Waals surface area contributed by atoms with E-state index in [0.717, 1.165) is 11.6 Å². The first kappa shape index (κ1) is 20.3. The molecule has 6 nitrogen and oxygen atoms in total. The van der Waals surface area contributed by atoms with Crippen LogP contribution < -0.4 is 9.64 Å². The Bertz CT molecular complexity index is 1290. The van der Waals surface area contributed by atoms with Gasteiger partial charge in [-0.2, -0.15) is 0 Å². The minimum atomic E-state index is -0.910. The number of methoxy groups -OCH3 is 2. The number of hydrogen-bond acceptors (Lipinski definition) is 6. The van der Waals surface area contributed by atoms with E-state index in [0.29, 0.717) is 46.9 Å². The largest absolute Gasteiger partial charge is 0.494 e. The van der Waals surface area contributed by atoms with Gasteiger partial charge in [-0.05, 0) is 35.9 Å². The zero-order valence-corrected chi connectivity index (χ0v) is 17.5. The summed E-state index contributed by atoms with van der Waals surface area (Å²) in [6.45, 7) is 1.33. The van der Waals surface area contributed by atoms with Crippen LogP contribution in [0.2, 0.25) is 0 Å². The third kappa shape index (κ3) is 3.42. The van der Waals surface area contributed by atoms with Crippen molar-refractivity contribution in [1.82, 2.24) is 15.0 Å². The quantitative estimate of drug-likeness (QED) is 0.462. The monoisotopic (exact) mass is 434 g/mol. The Morgan fingerprint density at radius 3 is 2.56 bits per heavy atom. The van der Waals surface area contributed by atoms with E-state index in [1.807, 2.05) is 12.1 Å². The van der Waals surface area contributed by atoms with Crippen molar-refractivity contribution in [1.29, 1.82) is 0 Å². The Balaban J connectivity index is 1.75. The molecule has 0 N–H and O–H groups in total. The highest BCUT2D eigenvalue weighted by Gasteiger charge is 2.30. The second kappa shape index (κ2) is 8.12. The molecule has 0 aliphatic carbocycles.